The summed E-state index contributed by atoms with van der Waals surface area (Å²) in [5.74, 6) is 0. The van der Waals surface area contributed by atoms with Gasteiger partial charge in [-0.2, -0.15) is 5.10 Å². The summed E-state index contributed by atoms with van der Waals surface area (Å²) >= 11 is 0. The van der Waals surface area contributed by atoms with Gasteiger partial charge in [-0.05, 0) is 30.5 Å². The van der Waals surface area contributed by atoms with Crippen LogP contribution in [0.1, 0.15) is 24.1 Å². The predicted molar refractivity (Wildman–Crippen MR) is 77.0 cm³/mol. The normalized spacial score (nSPS) is 15.1. The Morgan fingerprint density at radius 3 is 2.74 bits per heavy atom. The van der Waals surface area contributed by atoms with E-state index in [1.54, 1.807) is 6.20 Å². The Morgan fingerprint density at radius 2 is 1.95 bits per heavy atom. The second-order valence-corrected chi connectivity index (χ2v) is 5.01. The van der Waals surface area contributed by atoms with E-state index >= 15 is 0 Å². The van der Waals surface area contributed by atoms with E-state index in [4.69, 9.17) is 0 Å². The van der Waals surface area contributed by atoms with Gasteiger partial charge in [-0.15, -0.1) is 0 Å². The zero-order valence-electron chi connectivity index (χ0n) is 11.1. The Hall–Kier alpha value is -1.81. The van der Waals surface area contributed by atoms with Gasteiger partial charge in [0.05, 0.1) is 0 Å². The maximum absolute atomic E-state index is 3.96. The molecule has 0 radical (unpaired) electrons. The summed E-state index contributed by atoms with van der Waals surface area (Å²) in [6.07, 6.45) is 4.42. The fourth-order valence-corrected chi connectivity index (χ4v) is 2.64. The lowest BCUT2D eigenvalue weighted by Gasteiger charge is -2.21. The zero-order chi connectivity index (χ0) is 12.9. The SMILES string of the molecule is c1ccc(N2CCCC2)c(CNCc2ccn[nH]2)c1. The highest BCUT2D eigenvalue weighted by Gasteiger charge is 2.14. The van der Waals surface area contributed by atoms with Crippen LogP contribution in [0.2, 0.25) is 0 Å². The van der Waals surface area contributed by atoms with Gasteiger partial charge in [-0.25, -0.2) is 0 Å². The number of hydrogen-bond donors (Lipinski definition) is 2. The van der Waals surface area contributed by atoms with Crippen molar-refractivity contribution in [3.8, 4) is 0 Å². The first-order valence-electron chi connectivity index (χ1n) is 6.95. The van der Waals surface area contributed by atoms with Gasteiger partial charge in [0, 0.05) is 43.8 Å². The van der Waals surface area contributed by atoms with Crippen LogP contribution in [0.15, 0.2) is 36.5 Å². The second-order valence-electron chi connectivity index (χ2n) is 5.01. The van der Waals surface area contributed by atoms with Crippen molar-refractivity contribution in [1.29, 1.82) is 0 Å². The molecule has 1 saturated heterocycles. The fourth-order valence-electron chi connectivity index (χ4n) is 2.64. The number of benzene rings is 1. The van der Waals surface area contributed by atoms with E-state index in [2.05, 4.69) is 44.7 Å². The van der Waals surface area contributed by atoms with E-state index in [1.807, 2.05) is 6.07 Å². The van der Waals surface area contributed by atoms with Gasteiger partial charge in [0.1, 0.15) is 0 Å². The average molecular weight is 256 g/mol. The minimum Gasteiger partial charge on any atom is -0.371 e. The topological polar surface area (TPSA) is 44.0 Å². The molecule has 1 aromatic carbocycles. The molecule has 19 heavy (non-hydrogen) atoms. The number of rotatable bonds is 5. The van der Waals surface area contributed by atoms with Crippen LogP contribution >= 0.6 is 0 Å². The highest BCUT2D eigenvalue weighted by Crippen LogP contribution is 2.24. The van der Waals surface area contributed by atoms with Gasteiger partial charge in [0.15, 0.2) is 0 Å². The third-order valence-electron chi connectivity index (χ3n) is 3.63. The Kier molecular flexibility index (Phi) is 3.79. The molecule has 1 fully saturated rings. The van der Waals surface area contributed by atoms with Crippen LogP contribution in [-0.4, -0.2) is 23.3 Å². The smallest absolute Gasteiger partial charge is 0.0490 e. The van der Waals surface area contributed by atoms with E-state index in [0.29, 0.717) is 0 Å². The van der Waals surface area contributed by atoms with Crippen molar-refractivity contribution in [1.82, 2.24) is 15.5 Å². The summed E-state index contributed by atoms with van der Waals surface area (Å²) in [7, 11) is 0. The summed E-state index contributed by atoms with van der Waals surface area (Å²) in [5, 5.41) is 10.4. The standard InChI is InChI=1S/C15H20N4/c1-2-6-15(19-9-3-4-10-19)13(5-1)11-16-12-14-7-8-17-18-14/h1-2,5-8,16H,3-4,9-12H2,(H,17,18). The Labute approximate surface area is 113 Å². The lowest BCUT2D eigenvalue weighted by molar-refractivity contribution is 0.676. The molecule has 0 atom stereocenters. The average Bonchev–Trinajstić information content (AvgIpc) is 3.12. The van der Waals surface area contributed by atoms with Gasteiger partial charge in [-0.1, -0.05) is 18.2 Å². The molecular weight excluding hydrogens is 236 g/mol. The van der Waals surface area contributed by atoms with Crippen LogP contribution in [0.5, 0.6) is 0 Å². The predicted octanol–water partition coefficient (Wildman–Crippen LogP) is 2.30. The monoisotopic (exact) mass is 256 g/mol. The minimum absolute atomic E-state index is 0.828. The van der Waals surface area contributed by atoms with Crippen molar-refractivity contribution in [3.63, 3.8) is 0 Å². The third kappa shape index (κ3) is 2.96. The van der Waals surface area contributed by atoms with Crippen molar-refractivity contribution in [2.24, 2.45) is 0 Å². The maximum Gasteiger partial charge on any atom is 0.0490 e. The Morgan fingerprint density at radius 1 is 1.11 bits per heavy atom. The number of anilines is 1. The van der Waals surface area contributed by atoms with E-state index < -0.39 is 0 Å². The Balaban J connectivity index is 1.63. The number of para-hydroxylation sites is 1. The van der Waals surface area contributed by atoms with Crippen molar-refractivity contribution < 1.29 is 0 Å². The molecule has 1 aromatic heterocycles. The molecule has 2 N–H and O–H groups in total. The molecule has 0 amide bonds. The largest absolute Gasteiger partial charge is 0.371 e. The van der Waals surface area contributed by atoms with Gasteiger partial charge < -0.3 is 10.2 Å². The summed E-state index contributed by atoms with van der Waals surface area (Å²) in [6, 6.07) is 10.7. The summed E-state index contributed by atoms with van der Waals surface area (Å²) in [5.41, 5.74) is 3.89. The molecule has 0 spiro atoms. The molecule has 0 unspecified atom stereocenters. The zero-order valence-corrected chi connectivity index (χ0v) is 11.1. The van der Waals surface area contributed by atoms with Gasteiger partial charge in [-0.3, -0.25) is 5.10 Å². The van der Waals surface area contributed by atoms with Crippen molar-refractivity contribution in [2.75, 3.05) is 18.0 Å². The maximum atomic E-state index is 3.96. The number of hydrogen-bond acceptors (Lipinski definition) is 3. The quantitative estimate of drug-likeness (QED) is 0.862. The number of aromatic nitrogens is 2. The van der Waals surface area contributed by atoms with Crippen molar-refractivity contribution in [3.05, 3.63) is 47.8 Å². The summed E-state index contributed by atoms with van der Waals surface area (Å²) in [4.78, 5) is 2.49. The van der Waals surface area contributed by atoms with Crippen LogP contribution < -0.4 is 10.2 Å². The van der Waals surface area contributed by atoms with E-state index in [9.17, 15) is 0 Å². The molecule has 2 heterocycles. The van der Waals surface area contributed by atoms with Crippen molar-refractivity contribution >= 4 is 5.69 Å². The first-order valence-corrected chi connectivity index (χ1v) is 6.95. The lowest BCUT2D eigenvalue weighted by atomic mass is 10.1. The molecule has 2 aromatic rings. The summed E-state index contributed by atoms with van der Waals surface area (Å²) in [6.45, 7) is 4.11. The van der Waals surface area contributed by atoms with Gasteiger partial charge in [0.25, 0.3) is 0 Å². The van der Waals surface area contributed by atoms with Gasteiger partial charge in [0.2, 0.25) is 0 Å². The highest BCUT2D eigenvalue weighted by atomic mass is 15.1. The number of nitrogens with zero attached hydrogens (tertiary/aromatic N) is 2. The van der Waals surface area contributed by atoms with Crippen LogP contribution in [0, 0.1) is 0 Å². The molecule has 100 valence electrons. The molecule has 4 heteroatoms. The van der Waals surface area contributed by atoms with E-state index in [0.717, 1.165) is 18.8 Å². The van der Waals surface area contributed by atoms with Crippen LogP contribution in [0.4, 0.5) is 5.69 Å². The Bertz CT molecular complexity index is 501. The van der Waals surface area contributed by atoms with Crippen LogP contribution in [-0.2, 0) is 13.1 Å². The van der Waals surface area contributed by atoms with E-state index in [-0.39, 0.29) is 0 Å². The first kappa shape index (κ1) is 12.2. The fraction of sp³-hybridized carbons (Fsp3) is 0.400. The van der Waals surface area contributed by atoms with E-state index in [1.165, 1.54) is 37.2 Å². The number of nitrogens with one attached hydrogen (secondary N) is 2. The molecular formula is C15H20N4. The first-order chi connectivity index (χ1) is 9.43. The molecule has 0 saturated carbocycles. The molecule has 0 aliphatic carbocycles. The molecule has 3 rings (SSSR count). The lowest BCUT2D eigenvalue weighted by Crippen LogP contribution is -2.21. The molecule has 4 nitrogen and oxygen atoms in total. The van der Waals surface area contributed by atoms with Crippen LogP contribution in [0.25, 0.3) is 0 Å². The van der Waals surface area contributed by atoms with Crippen molar-refractivity contribution in [2.45, 2.75) is 25.9 Å². The molecule has 1 aliphatic heterocycles. The second kappa shape index (κ2) is 5.89. The van der Waals surface area contributed by atoms with Crippen LogP contribution in [0.3, 0.4) is 0 Å². The summed E-state index contributed by atoms with van der Waals surface area (Å²) < 4.78 is 0. The highest BCUT2D eigenvalue weighted by molar-refractivity contribution is 5.54. The van der Waals surface area contributed by atoms with Gasteiger partial charge >= 0.3 is 0 Å². The minimum atomic E-state index is 0.828. The molecule has 0 bridgehead atoms. The third-order valence-corrected chi connectivity index (χ3v) is 3.63. The number of H-pyrrole nitrogens is 1. The molecule has 1 aliphatic rings. The number of aromatic amines is 1.